The first-order valence-corrected chi connectivity index (χ1v) is 9.61. The lowest BCUT2D eigenvalue weighted by molar-refractivity contribution is -0.127. The number of fused-ring (bicyclic) bond motifs is 1. The third-order valence-corrected chi connectivity index (χ3v) is 6.09. The molecule has 0 N–H and O–H groups in total. The van der Waals surface area contributed by atoms with Gasteiger partial charge in [0.2, 0.25) is 5.91 Å². The van der Waals surface area contributed by atoms with E-state index < -0.39 is 0 Å². The van der Waals surface area contributed by atoms with Crippen molar-refractivity contribution in [2.45, 2.75) is 24.7 Å². The van der Waals surface area contributed by atoms with Gasteiger partial charge in [0.1, 0.15) is 0 Å². The highest BCUT2D eigenvalue weighted by atomic mass is 32.2. The molecule has 1 heterocycles. The Balaban J connectivity index is 1.59. The average Bonchev–Trinajstić information content (AvgIpc) is 2.98. The molecular formula is C19H20N2OS2. The van der Waals surface area contributed by atoms with E-state index in [0.717, 1.165) is 14.6 Å². The molecule has 3 aromatic rings. The van der Waals surface area contributed by atoms with E-state index in [0.29, 0.717) is 12.3 Å². The summed E-state index contributed by atoms with van der Waals surface area (Å²) >= 11 is 3.16. The van der Waals surface area contributed by atoms with Gasteiger partial charge in [0.25, 0.3) is 0 Å². The van der Waals surface area contributed by atoms with E-state index >= 15 is 0 Å². The Bertz CT molecular complexity index is 840. The van der Waals surface area contributed by atoms with Gasteiger partial charge in [-0.15, -0.1) is 11.3 Å². The van der Waals surface area contributed by atoms with Crippen molar-refractivity contribution in [2.75, 3.05) is 12.8 Å². The summed E-state index contributed by atoms with van der Waals surface area (Å²) in [4.78, 5) is 18.7. The summed E-state index contributed by atoms with van der Waals surface area (Å²) in [6, 6.07) is 14.4. The van der Waals surface area contributed by atoms with Crippen molar-refractivity contribution in [3.05, 3.63) is 59.2 Å². The summed E-state index contributed by atoms with van der Waals surface area (Å²) in [5.74, 6) is 0.542. The Hall–Kier alpha value is -1.85. The molecule has 0 aliphatic heterocycles. The van der Waals surface area contributed by atoms with Gasteiger partial charge < -0.3 is 4.90 Å². The number of para-hydroxylation sites is 1. The number of carbonyl (C=O) groups is 1. The number of aryl methyl sites for hydroxylation is 2. The molecule has 0 aliphatic rings. The smallest absolute Gasteiger partial charge is 0.233 e. The number of nitrogens with zero attached hydrogens (tertiary/aromatic N) is 2. The summed E-state index contributed by atoms with van der Waals surface area (Å²) in [5, 5.41) is 0. The molecule has 0 bridgehead atoms. The molecule has 0 unspecified atom stereocenters. The zero-order valence-electron chi connectivity index (χ0n) is 14.1. The molecule has 3 nitrogen and oxygen atoms in total. The molecule has 0 saturated heterocycles. The van der Waals surface area contributed by atoms with Crippen LogP contribution in [0, 0.1) is 13.8 Å². The largest absolute Gasteiger partial charge is 0.341 e. The van der Waals surface area contributed by atoms with Crippen LogP contribution in [-0.4, -0.2) is 28.6 Å². The van der Waals surface area contributed by atoms with E-state index in [1.807, 2.05) is 25.2 Å². The Morgan fingerprint density at radius 1 is 1.21 bits per heavy atom. The molecule has 3 rings (SSSR count). The van der Waals surface area contributed by atoms with Gasteiger partial charge in [0, 0.05) is 13.6 Å². The summed E-state index contributed by atoms with van der Waals surface area (Å²) in [6.07, 6.45) is 0. The predicted octanol–water partition coefficient (Wildman–Crippen LogP) is 4.66. The molecule has 5 heteroatoms. The van der Waals surface area contributed by atoms with E-state index in [-0.39, 0.29) is 5.91 Å². The highest BCUT2D eigenvalue weighted by molar-refractivity contribution is 8.01. The SMILES string of the molecule is Cc1ccc(CN(C)C(=O)CSc2nc3ccccc3s2)c(C)c1. The summed E-state index contributed by atoms with van der Waals surface area (Å²) < 4.78 is 2.11. The molecule has 2 aromatic carbocycles. The quantitative estimate of drug-likeness (QED) is 0.623. The van der Waals surface area contributed by atoms with Crippen LogP contribution in [0.4, 0.5) is 0 Å². The number of thioether (sulfide) groups is 1. The second-order valence-corrected chi connectivity index (χ2v) is 8.17. The summed E-state index contributed by atoms with van der Waals surface area (Å²) in [5.41, 5.74) is 4.67. The zero-order chi connectivity index (χ0) is 17.1. The van der Waals surface area contributed by atoms with Crippen molar-refractivity contribution >= 4 is 39.2 Å². The Labute approximate surface area is 150 Å². The van der Waals surface area contributed by atoms with E-state index in [2.05, 4.69) is 43.1 Å². The molecule has 124 valence electrons. The number of benzene rings is 2. The number of hydrogen-bond donors (Lipinski definition) is 0. The van der Waals surface area contributed by atoms with Crippen LogP contribution < -0.4 is 0 Å². The van der Waals surface area contributed by atoms with Crippen molar-refractivity contribution in [2.24, 2.45) is 0 Å². The standard InChI is InChI=1S/C19H20N2OS2/c1-13-8-9-15(14(2)10-13)11-21(3)18(22)12-23-19-20-16-6-4-5-7-17(16)24-19/h4-10H,11-12H2,1-3H3. The average molecular weight is 357 g/mol. The second-order valence-electron chi connectivity index (χ2n) is 5.92. The minimum absolute atomic E-state index is 0.124. The van der Waals surface area contributed by atoms with E-state index in [9.17, 15) is 4.79 Å². The maximum absolute atomic E-state index is 12.4. The van der Waals surface area contributed by atoms with E-state index in [1.165, 1.54) is 28.5 Å². The predicted molar refractivity (Wildman–Crippen MR) is 103 cm³/mol. The van der Waals surface area contributed by atoms with Gasteiger partial charge in [0.05, 0.1) is 16.0 Å². The first-order chi connectivity index (χ1) is 11.5. The van der Waals surface area contributed by atoms with Crippen molar-refractivity contribution in [3.63, 3.8) is 0 Å². The summed E-state index contributed by atoms with van der Waals surface area (Å²) in [7, 11) is 1.86. The molecule has 1 amide bonds. The Morgan fingerprint density at radius 2 is 2.00 bits per heavy atom. The molecule has 0 spiro atoms. The fraction of sp³-hybridized carbons (Fsp3) is 0.263. The van der Waals surface area contributed by atoms with E-state index in [4.69, 9.17) is 0 Å². The van der Waals surface area contributed by atoms with Gasteiger partial charge in [-0.1, -0.05) is 47.7 Å². The van der Waals surface area contributed by atoms with Gasteiger partial charge in [0.15, 0.2) is 4.34 Å². The number of thiazole rings is 1. The van der Waals surface area contributed by atoms with Gasteiger partial charge >= 0.3 is 0 Å². The highest BCUT2D eigenvalue weighted by Crippen LogP contribution is 2.29. The minimum atomic E-state index is 0.124. The number of rotatable bonds is 5. The minimum Gasteiger partial charge on any atom is -0.341 e. The summed E-state index contributed by atoms with van der Waals surface area (Å²) in [6.45, 7) is 4.82. The first kappa shape index (κ1) is 17.0. The topological polar surface area (TPSA) is 33.2 Å². The molecule has 0 saturated carbocycles. The first-order valence-electron chi connectivity index (χ1n) is 7.81. The van der Waals surface area contributed by atoms with Crippen LogP contribution in [0.15, 0.2) is 46.8 Å². The number of amides is 1. The number of carbonyl (C=O) groups excluding carboxylic acids is 1. The van der Waals surface area contributed by atoms with Crippen LogP contribution in [0.3, 0.4) is 0 Å². The third-order valence-electron chi connectivity index (χ3n) is 3.92. The Kier molecular flexibility index (Phi) is 5.21. The van der Waals surface area contributed by atoms with Crippen LogP contribution in [0.25, 0.3) is 10.2 Å². The van der Waals surface area contributed by atoms with Gasteiger partial charge in [-0.25, -0.2) is 4.98 Å². The fourth-order valence-corrected chi connectivity index (χ4v) is 4.52. The Morgan fingerprint density at radius 3 is 2.75 bits per heavy atom. The van der Waals surface area contributed by atoms with Crippen molar-refractivity contribution < 1.29 is 4.79 Å². The normalized spacial score (nSPS) is 11.0. The van der Waals surface area contributed by atoms with Gasteiger partial charge in [-0.2, -0.15) is 0 Å². The highest BCUT2D eigenvalue weighted by Gasteiger charge is 2.13. The van der Waals surface area contributed by atoms with Crippen molar-refractivity contribution in [1.29, 1.82) is 0 Å². The molecular weight excluding hydrogens is 336 g/mol. The van der Waals surface area contributed by atoms with Gasteiger partial charge in [-0.3, -0.25) is 4.79 Å². The maximum atomic E-state index is 12.4. The van der Waals surface area contributed by atoms with Crippen LogP contribution in [0.2, 0.25) is 0 Å². The maximum Gasteiger partial charge on any atom is 0.233 e. The van der Waals surface area contributed by atoms with Crippen molar-refractivity contribution in [3.8, 4) is 0 Å². The molecule has 0 atom stereocenters. The van der Waals surface area contributed by atoms with Crippen molar-refractivity contribution in [1.82, 2.24) is 9.88 Å². The molecule has 0 radical (unpaired) electrons. The van der Waals surface area contributed by atoms with Crippen LogP contribution in [-0.2, 0) is 11.3 Å². The lowest BCUT2D eigenvalue weighted by Gasteiger charge is -2.18. The van der Waals surface area contributed by atoms with Crippen LogP contribution in [0.1, 0.15) is 16.7 Å². The lowest BCUT2D eigenvalue weighted by atomic mass is 10.1. The fourth-order valence-electron chi connectivity index (χ4n) is 2.51. The molecule has 0 fully saturated rings. The van der Waals surface area contributed by atoms with Gasteiger partial charge in [-0.05, 0) is 37.1 Å². The third kappa shape index (κ3) is 3.97. The monoisotopic (exact) mass is 356 g/mol. The number of aromatic nitrogens is 1. The lowest BCUT2D eigenvalue weighted by Crippen LogP contribution is -2.28. The number of hydrogen-bond acceptors (Lipinski definition) is 4. The zero-order valence-corrected chi connectivity index (χ0v) is 15.7. The molecule has 24 heavy (non-hydrogen) atoms. The molecule has 0 aliphatic carbocycles. The second kappa shape index (κ2) is 7.36. The van der Waals surface area contributed by atoms with Crippen LogP contribution in [0.5, 0.6) is 0 Å². The molecule has 1 aromatic heterocycles. The van der Waals surface area contributed by atoms with Crippen LogP contribution >= 0.6 is 23.1 Å². The van der Waals surface area contributed by atoms with E-state index in [1.54, 1.807) is 16.2 Å².